The summed E-state index contributed by atoms with van der Waals surface area (Å²) in [5, 5.41) is 9.05. The molecule has 0 amide bonds. The number of hydrogen-bond donors (Lipinski definition) is 1. The molecule has 0 aliphatic rings. The highest BCUT2D eigenvalue weighted by molar-refractivity contribution is 5.68. The number of aliphatic carboxylic acids is 1. The highest BCUT2D eigenvalue weighted by atomic mass is 16.4. The molecule has 0 aliphatic carbocycles. The molecular formula is C21H21NO2. The van der Waals surface area contributed by atoms with Crippen molar-refractivity contribution >= 4 is 5.97 Å². The molecule has 3 heteroatoms. The Morgan fingerprint density at radius 1 is 0.958 bits per heavy atom. The van der Waals surface area contributed by atoms with E-state index in [1.807, 2.05) is 30.3 Å². The van der Waals surface area contributed by atoms with Gasteiger partial charge in [-0.2, -0.15) is 0 Å². The summed E-state index contributed by atoms with van der Waals surface area (Å²) in [5.41, 5.74) is 6.78. The van der Waals surface area contributed by atoms with Crippen molar-refractivity contribution in [1.82, 2.24) is 4.57 Å². The smallest absolute Gasteiger partial charge is 0.303 e. The number of rotatable bonds is 5. The Balaban J connectivity index is 2.18. The van der Waals surface area contributed by atoms with Crippen LogP contribution in [0.5, 0.6) is 0 Å². The molecule has 0 spiro atoms. The number of benzene rings is 2. The quantitative estimate of drug-likeness (QED) is 0.735. The van der Waals surface area contributed by atoms with Crippen LogP contribution in [0.4, 0.5) is 0 Å². The fourth-order valence-electron chi connectivity index (χ4n) is 3.01. The molecule has 24 heavy (non-hydrogen) atoms. The Labute approximate surface area is 142 Å². The van der Waals surface area contributed by atoms with Crippen molar-refractivity contribution in [3.8, 4) is 16.9 Å². The molecule has 0 fully saturated rings. The van der Waals surface area contributed by atoms with E-state index >= 15 is 0 Å². The van der Waals surface area contributed by atoms with Crippen molar-refractivity contribution in [1.29, 1.82) is 0 Å². The van der Waals surface area contributed by atoms with Crippen LogP contribution < -0.4 is 0 Å². The van der Waals surface area contributed by atoms with Crippen LogP contribution in [0.3, 0.4) is 0 Å². The Morgan fingerprint density at radius 2 is 1.71 bits per heavy atom. The molecule has 1 aromatic heterocycles. The lowest BCUT2D eigenvalue weighted by atomic mass is 10.1. The van der Waals surface area contributed by atoms with Crippen LogP contribution in [0.1, 0.15) is 23.2 Å². The SMILES string of the molecule is Cc1cccc(-n2c(CCC(=O)O)ccc2-c2ccccc2)c1C. The minimum atomic E-state index is -0.773. The molecule has 0 radical (unpaired) electrons. The van der Waals surface area contributed by atoms with Gasteiger partial charge in [0.15, 0.2) is 0 Å². The summed E-state index contributed by atoms with van der Waals surface area (Å²) in [6.07, 6.45) is 0.638. The Bertz CT molecular complexity index is 863. The molecule has 1 N–H and O–H groups in total. The van der Waals surface area contributed by atoms with Crippen molar-refractivity contribution in [2.75, 3.05) is 0 Å². The van der Waals surface area contributed by atoms with Crippen molar-refractivity contribution in [3.05, 3.63) is 77.5 Å². The number of carboxylic acids is 1. The lowest BCUT2D eigenvalue weighted by molar-refractivity contribution is -0.136. The van der Waals surface area contributed by atoms with Gasteiger partial charge in [0, 0.05) is 11.4 Å². The fourth-order valence-corrected chi connectivity index (χ4v) is 3.01. The topological polar surface area (TPSA) is 42.2 Å². The van der Waals surface area contributed by atoms with Gasteiger partial charge in [-0.15, -0.1) is 0 Å². The highest BCUT2D eigenvalue weighted by Gasteiger charge is 2.15. The molecule has 2 aromatic carbocycles. The molecular weight excluding hydrogens is 298 g/mol. The molecule has 122 valence electrons. The maximum absolute atomic E-state index is 11.0. The number of carboxylic acid groups (broad SMARTS) is 1. The summed E-state index contributed by atoms with van der Waals surface area (Å²) in [7, 11) is 0. The molecule has 0 aliphatic heterocycles. The summed E-state index contributed by atoms with van der Waals surface area (Å²) in [5.74, 6) is -0.773. The summed E-state index contributed by atoms with van der Waals surface area (Å²) >= 11 is 0. The molecule has 0 unspecified atom stereocenters. The van der Waals surface area contributed by atoms with Gasteiger partial charge in [0.2, 0.25) is 0 Å². The average Bonchev–Trinajstić information content (AvgIpc) is 3.00. The van der Waals surface area contributed by atoms with Crippen LogP contribution in [0.15, 0.2) is 60.7 Å². The second-order valence-corrected chi connectivity index (χ2v) is 6.02. The molecule has 0 saturated heterocycles. The third-order valence-electron chi connectivity index (χ3n) is 4.44. The van der Waals surface area contributed by atoms with Crippen LogP contribution in [0, 0.1) is 13.8 Å². The first-order valence-corrected chi connectivity index (χ1v) is 8.12. The number of aryl methyl sites for hydroxylation is 2. The highest BCUT2D eigenvalue weighted by Crippen LogP contribution is 2.29. The predicted molar refractivity (Wildman–Crippen MR) is 96.6 cm³/mol. The van der Waals surface area contributed by atoms with Gasteiger partial charge < -0.3 is 9.67 Å². The fraction of sp³-hybridized carbons (Fsp3) is 0.190. The number of hydrogen-bond acceptors (Lipinski definition) is 1. The summed E-state index contributed by atoms with van der Waals surface area (Å²) in [6.45, 7) is 4.21. The van der Waals surface area contributed by atoms with Gasteiger partial charge in [-0.3, -0.25) is 4.79 Å². The summed E-state index contributed by atoms with van der Waals surface area (Å²) in [4.78, 5) is 11.0. The summed E-state index contributed by atoms with van der Waals surface area (Å²) in [6, 6.07) is 20.6. The van der Waals surface area contributed by atoms with Crippen molar-refractivity contribution in [2.24, 2.45) is 0 Å². The van der Waals surface area contributed by atoms with E-state index < -0.39 is 5.97 Å². The third kappa shape index (κ3) is 3.11. The van der Waals surface area contributed by atoms with Gasteiger partial charge in [0.05, 0.1) is 12.1 Å². The van der Waals surface area contributed by atoms with Gasteiger partial charge in [0.25, 0.3) is 0 Å². The first-order valence-electron chi connectivity index (χ1n) is 8.12. The largest absolute Gasteiger partial charge is 0.481 e. The first-order chi connectivity index (χ1) is 11.6. The van der Waals surface area contributed by atoms with Gasteiger partial charge in [-0.1, -0.05) is 42.5 Å². The van der Waals surface area contributed by atoms with E-state index in [1.165, 1.54) is 11.1 Å². The first kappa shape index (κ1) is 16.1. The molecule has 0 bridgehead atoms. The molecule has 1 heterocycles. The minimum Gasteiger partial charge on any atom is -0.481 e. The number of carbonyl (C=O) groups is 1. The lowest BCUT2D eigenvalue weighted by Gasteiger charge is -2.17. The molecule has 3 rings (SSSR count). The standard InChI is InChI=1S/C21H21NO2/c1-15-7-6-10-19(16(15)2)22-18(12-14-21(23)24)11-13-20(22)17-8-4-3-5-9-17/h3-11,13H,12,14H2,1-2H3,(H,23,24). The average molecular weight is 319 g/mol. The minimum absolute atomic E-state index is 0.128. The van der Waals surface area contributed by atoms with E-state index in [9.17, 15) is 4.79 Å². The van der Waals surface area contributed by atoms with Gasteiger partial charge >= 0.3 is 5.97 Å². The zero-order valence-electron chi connectivity index (χ0n) is 14.0. The number of nitrogens with zero attached hydrogens (tertiary/aromatic N) is 1. The third-order valence-corrected chi connectivity index (χ3v) is 4.44. The normalized spacial score (nSPS) is 10.8. The molecule has 0 saturated carbocycles. The van der Waals surface area contributed by atoms with Crippen LogP contribution in [0.25, 0.3) is 16.9 Å². The summed E-state index contributed by atoms with van der Waals surface area (Å²) < 4.78 is 2.20. The van der Waals surface area contributed by atoms with Crippen LogP contribution in [-0.2, 0) is 11.2 Å². The van der Waals surface area contributed by atoms with Crippen molar-refractivity contribution in [2.45, 2.75) is 26.7 Å². The van der Waals surface area contributed by atoms with E-state index in [4.69, 9.17) is 5.11 Å². The zero-order chi connectivity index (χ0) is 17.1. The Hall–Kier alpha value is -2.81. The zero-order valence-corrected chi connectivity index (χ0v) is 14.0. The van der Waals surface area contributed by atoms with Gasteiger partial charge in [0.1, 0.15) is 0 Å². The van der Waals surface area contributed by atoms with E-state index in [2.05, 4.69) is 48.7 Å². The van der Waals surface area contributed by atoms with Crippen molar-refractivity contribution in [3.63, 3.8) is 0 Å². The maximum atomic E-state index is 11.0. The van der Waals surface area contributed by atoms with E-state index in [0.717, 1.165) is 22.6 Å². The monoisotopic (exact) mass is 319 g/mol. The van der Waals surface area contributed by atoms with Gasteiger partial charge in [-0.25, -0.2) is 0 Å². The van der Waals surface area contributed by atoms with E-state index in [-0.39, 0.29) is 6.42 Å². The Kier molecular flexibility index (Phi) is 4.52. The lowest BCUT2D eigenvalue weighted by Crippen LogP contribution is -2.07. The second-order valence-electron chi connectivity index (χ2n) is 6.02. The molecule has 0 atom stereocenters. The maximum Gasteiger partial charge on any atom is 0.303 e. The second kappa shape index (κ2) is 6.75. The van der Waals surface area contributed by atoms with Crippen LogP contribution >= 0.6 is 0 Å². The van der Waals surface area contributed by atoms with E-state index in [0.29, 0.717) is 6.42 Å². The predicted octanol–water partition coefficient (Wildman–Crippen LogP) is 4.78. The molecule has 3 nitrogen and oxygen atoms in total. The van der Waals surface area contributed by atoms with Gasteiger partial charge in [-0.05, 0) is 55.2 Å². The van der Waals surface area contributed by atoms with Crippen LogP contribution in [-0.4, -0.2) is 15.6 Å². The molecule has 3 aromatic rings. The Morgan fingerprint density at radius 3 is 2.42 bits per heavy atom. The number of aromatic nitrogens is 1. The van der Waals surface area contributed by atoms with Crippen molar-refractivity contribution < 1.29 is 9.90 Å². The van der Waals surface area contributed by atoms with Crippen LogP contribution in [0.2, 0.25) is 0 Å². The van der Waals surface area contributed by atoms with E-state index in [1.54, 1.807) is 0 Å².